The lowest BCUT2D eigenvalue weighted by Crippen LogP contribution is -2.46. The minimum atomic E-state index is -4.28. The summed E-state index contributed by atoms with van der Waals surface area (Å²) in [6.45, 7) is 4.76. The average molecular weight is 636 g/mol. The third kappa shape index (κ3) is 29.9. The van der Waals surface area contributed by atoms with Crippen molar-refractivity contribution >= 4 is 13.7 Å². The molecule has 0 radical (unpaired) electrons. The molecule has 1 amide bonds. The Kier molecular flexibility index (Phi) is 27.5. The van der Waals surface area contributed by atoms with Gasteiger partial charge in [-0.05, 0) is 12.8 Å². The SMILES string of the molecule is CCCCCCCCCCCCCCCCCCCC(O)C(COP(=O)(O)OCC[N+](C)(C)C)NC(=O)CCCCCC. The number of amides is 1. The fourth-order valence-electron chi connectivity index (χ4n) is 5.16. The Morgan fingerprint density at radius 3 is 1.56 bits per heavy atom. The van der Waals surface area contributed by atoms with Crippen molar-refractivity contribution in [3.8, 4) is 0 Å². The van der Waals surface area contributed by atoms with Gasteiger partial charge in [-0.1, -0.05) is 142 Å². The number of carbonyl (C=O) groups is 1. The molecule has 0 fully saturated rings. The van der Waals surface area contributed by atoms with Gasteiger partial charge in [0.1, 0.15) is 13.2 Å². The number of aliphatic hydroxyl groups excluding tert-OH is 1. The van der Waals surface area contributed by atoms with Crippen LogP contribution in [0.5, 0.6) is 0 Å². The van der Waals surface area contributed by atoms with E-state index in [1.807, 2.05) is 21.1 Å². The summed E-state index contributed by atoms with van der Waals surface area (Å²) in [4.78, 5) is 22.6. The number of rotatable bonds is 32. The largest absolute Gasteiger partial charge is 0.472 e. The Morgan fingerprint density at radius 1 is 0.698 bits per heavy atom. The molecule has 0 aliphatic carbocycles. The molecule has 0 aromatic carbocycles. The van der Waals surface area contributed by atoms with Gasteiger partial charge >= 0.3 is 7.82 Å². The number of aliphatic hydroxyl groups is 1. The second kappa shape index (κ2) is 27.8. The molecule has 0 aromatic rings. The average Bonchev–Trinajstić information content (AvgIpc) is 2.94. The molecular weight excluding hydrogens is 563 g/mol. The summed E-state index contributed by atoms with van der Waals surface area (Å²) in [7, 11) is 1.62. The quantitative estimate of drug-likeness (QED) is 0.0388. The highest BCUT2D eigenvalue weighted by molar-refractivity contribution is 7.47. The van der Waals surface area contributed by atoms with E-state index < -0.39 is 20.0 Å². The summed E-state index contributed by atoms with van der Waals surface area (Å²) in [5.41, 5.74) is 0. The Morgan fingerprint density at radius 2 is 1.12 bits per heavy atom. The molecule has 0 heterocycles. The number of hydrogen-bond acceptors (Lipinski definition) is 5. The van der Waals surface area contributed by atoms with Gasteiger partial charge in [0.05, 0.1) is 39.9 Å². The molecule has 0 spiro atoms. The first-order valence-corrected chi connectivity index (χ1v) is 19.4. The van der Waals surface area contributed by atoms with Crippen LogP contribution in [0.1, 0.15) is 162 Å². The van der Waals surface area contributed by atoms with E-state index in [0.29, 0.717) is 23.9 Å². The van der Waals surface area contributed by atoms with Crippen LogP contribution in [0.25, 0.3) is 0 Å². The van der Waals surface area contributed by atoms with E-state index in [1.165, 1.54) is 89.9 Å². The molecule has 0 aliphatic heterocycles. The number of nitrogens with one attached hydrogen (secondary N) is 1. The molecule has 0 rings (SSSR count). The Balaban J connectivity index is 4.22. The zero-order chi connectivity index (χ0) is 32.2. The maximum absolute atomic E-state index is 12.5. The Labute approximate surface area is 266 Å². The first-order valence-electron chi connectivity index (χ1n) is 17.9. The van der Waals surface area contributed by atoms with E-state index in [4.69, 9.17) is 9.05 Å². The van der Waals surface area contributed by atoms with Crippen LogP contribution in [0.3, 0.4) is 0 Å². The van der Waals surface area contributed by atoms with Gasteiger partial charge in [-0.3, -0.25) is 13.8 Å². The molecule has 3 N–H and O–H groups in total. The zero-order valence-electron chi connectivity index (χ0n) is 29.0. The van der Waals surface area contributed by atoms with Crippen molar-refractivity contribution in [3.05, 3.63) is 0 Å². The van der Waals surface area contributed by atoms with E-state index in [1.54, 1.807) is 0 Å². The normalized spacial score (nSPS) is 14.9. The first-order chi connectivity index (χ1) is 20.5. The van der Waals surface area contributed by atoms with Crippen LogP contribution in [-0.2, 0) is 18.4 Å². The van der Waals surface area contributed by atoms with Gasteiger partial charge in [-0.15, -0.1) is 0 Å². The van der Waals surface area contributed by atoms with E-state index in [0.717, 1.165) is 44.9 Å². The summed E-state index contributed by atoms with van der Waals surface area (Å²) >= 11 is 0. The van der Waals surface area contributed by atoms with Gasteiger partial charge in [-0.2, -0.15) is 0 Å². The highest BCUT2D eigenvalue weighted by atomic mass is 31.2. The minimum Gasteiger partial charge on any atom is -0.391 e. The summed E-state index contributed by atoms with van der Waals surface area (Å²) in [6, 6.07) is -0.748. The maximum atomic E-state index is 12.5. The fraction of sp³-hybridized carbons (Fsp3) is 0.971. The molecule has 9 heteroatoms. The molecular formula is C34H72N2O6P+. The number of phosphoric ester groups is 1. The lowest BCUT2D eigenvalue weighted by molar-refractivity contribution is -0.870. The van der Waals surface area contributed by atoms with Crippen LogP contribution >= 0.6 is 7.82 Å². The monoisotopic (exact) mass is 636 g/mol. The summed E-state index contributed by atoms with van der Waals surface area (Å²) in [6.07, 6.45) is 26.0. The maximum Gasteiger partial charge on any atom is 0.472 e. The Bertz CT molecular complexity index is 688. The van der Waals surface area contributed by atoms with Crippen molar-refractivity contribution < 1.29 is 32.9 Å². The molecule has 0 bridgehead atoms. The van der Waals surface area contributed by atoms with Gasteiger partial charge in [0, 0.05) is 6.42 Å². The molecule has 43 heavy (non-hydrogen) atoms. The predicted octanol–water partition coefficient (Wildman–Crippen LogP) is 8.68. The second-order valence-electron chi connectivity index (χ2n) is 13.6. The summed E-state index contributed by atoms with van der Waals surface area (Å²) in [5.74, 6) is -0.162. The summed E-state index contributed by atoms with van der Waals surface area (Å²) in [5, 5.41) is 13.7. The molecule has 3 atom stereocenters. The third-order valence-corrected chi connectivity index (χ3v) is 9.09. The second-order valence-corrected chi connectivity index (χ2v) is 15.1. The van der Waals surface area contributed by atoms with Crippen molar-refractivity contribution in [2.24, 2.45) is 0 Å². The molecule has 3 unspecified atom stereocenters. The number of likely N-dealkylation sites (N-methyl/N-ethyl adjacent to an activating group) is 1. The van der Waals surface area contributed by atoms with E-state index in [2.05, 4.69) is 19.2 Å². The third-order valence-electron chi connectivity index (χ3n) is 8.11. The van der Waals surface area contributed by atoms with Crippen molar-refractivity contribution in [1.82, 2.24) is 5.32 Å². The van der Waals surface area contributed by atoms with Crippen LogP contribution in [0.4, 0.5) is 0 Å². The lowest BCUT2D eigenvalue weighted by atomic mass is 10.0. The van der Waals surface area contributed by atoms with E-state index >= 15 is 0 Å². The van der Waals surface area contributed by atoms with Gasteiger partial charge < -0.3 is 19.8 Å². The van der Waals surface area contributed by atoms with Gasteiger partial charge in [0.25, 0.3) is 0 Å². The van der Waals surface area contributed by atoms with E-state index in [-0.39, 0.29) is 19.1 Å². The predicted molar refractivity (Wildman–Crippen MR) is 180 cm³/mol. The van der Waals surface area contributed by atoms with Crippen molar-refractivity contribution in [1.29, 1.82) is 0 Å². The lowest BCUT2D eigenvalue weighted by Gasteiger charge is -2.26. The van der Waals surface area contributed by atoms with E-state index in [9.17, 15) is 19.4 Å². The number of phosphoric acid groups is 1. The van der Waals surface area contributed by atoms with Gasteiger partial charge in [0.2, 0.25) is 5.91 Å². The van der Waals surface area contributed by atoms with Crippen LogP contribution < -0.4 is 5.32 Å². The molecule has 0 saturated carbocycles. The van der Waals surface area contributed by atoms with Crippen LogP contribution in [0, 0.1) is 0 Å². The number of quaternary nitrogens is 1. The summed E-state index contributed by atoms with van der Waals surface area (Å²) < 4.78 is 23.3. The first kappa shape index (κ1) is 42.5. The van der Waals surface area contributed by atoms with Crippen LogP contribution in [0.15, 0.2) is 0 Å². The molecule has 258 valence electrons. The molecule has 0 saturated heterocycles. The van der Waals surface area contributed by atoms with Gasteiger partial charge in [0.15, 0.2) is 0 Å². The van der Waals surface area contributed by atoms with Crippen molar-refractivity contribution in [3.63, 3.8) is 0 Å². The fourth-order valence-corrected chi connectivity index (χ4v) is 5.90. The Hall–Kier alpha value is -0.500. The highest BCUT2D eigenvalue weighted by Gasteiger charge is 2.28. The van der Waals surface area contributed by atoms with Crippen LogP contribution in [0.2, 0.25) is 0 Å². The standard InChI is InChI=1S/C34H71N2O6P/c1-6-8-10-12-13-14-15-16-17-18-19-20-21-22-23-24-25-27-33(37)32(35-34(38)28-26-11-9-7-2)31-42-43(39,40)41-30-29-36(3,4)5/h32-33,37H,6-31H2,1-5H3,(H-,35,38,39,40)/p+1. The molecule has 8 nitrogen and oxygen atoms in total. The van der Waals surface area contributed by atoms with Crippen molar-refractivity contribution in [2.45, 2.75) is 174 Å². The number of carbonyl (C=O) groups excluding carboxylic acids is 1. The highest BCUT2D eigenvalue weighted by Crippen LogP contribution is 2.43. The van der Waals surface area contributed by atoms with Crippen LogP contribution in [-0.4, -0.2) is 73.4 Å². The van der Waals surface area contributed by atoms with Gasteiger partial charge in [-0.25, -0.2) is 4.57 Å². The number of unbranched alkanes of at least 4 members (excludes halogenated alkanes) is 19. The minimum absolute atomic E-state index is 0.0769. The topological polar surface area (TPSA) is 105 Å². The smallest absolute Gasteiger partial charge is 0.391 e. The molecule has 0 aliphatic rings. The zero-order valence-corrected chi connectivity index (χ0v) is 29.9. The number of nitrogens with zero attached hydrogens (tertiary/aromatic N) is 1. The van der Waals surface area contributed by atoms with Crippen molar-refractivity contribution in [2.75, 3.05) is 40.9 Å². The number of hydrogen-bond donors (Lipinski definition) is 3. The molecule has 0 aromatic heterocycles.